The van der Waals surface area contributed by atoms with Crippen molar-refractivity contribution >= 4 is 23.2 Å². The maximum Gasteiger partial charge on any atom is 0.168 e. The summed E-state index contributed by atoms with van der Waals surface area (Å²) in [6.07, 6.45) is 6.11. The van der Waals surface area contributed by atoms with E-state index in [1.54, 1.807) is 11.7 Å². The van der Waals surface area contributed by atoms with Gasteiger partial charge in [0, 0.05) is 5.56 Å². The minimum absolute atomic E-state index is 0.276. The molecular formula is C27H22FN3O2. The van der Waals surface area contributed by atoms with Gasteiger partial charge in [-0.05, 0) is 67.3 Å². The number of fused-ring (bicyclic) bond motifs is 1. The molecule has 164 valence electrons. The summed E-state index contributed by atoms with van der Waals surface area (Å²) >= 11 is 0. The number of hydrogen-bond acceptors (Lipinski definition) is 4. The Morgan fingerprint density at radius 1 is 1.12 bits per heavy atom. The van der Waals surface area contributed by atoms with E-state index in [4.69, 9.17) is 14.5 Å². The van der Waals surface area contributed by atoms with Gasteiger partial charge in [0.15, 0.2) is 11.5 Å². The number of hydrogen-bond donors (Lipinski definition) is 0. The highest BCUT2D eigenvalue weighted by Crippen LogP contribution is 2.36. The predicted molar refractivity (Wildman–Crippen MR) is 126 cm³/mol. The fourth-order valence-electron chi connectivity index (χ4n) is 3.79. The second-order valence-electron chi connectivity index (χ2n) is 8.04. The Balaban J connectivity index is 1.61. The molecule has 5 rings (SSSR count). The van der Waals surface area contributed by atoms with Gasteiger partial charge in [-0.1, -0.05) is 24.3 Å². The molecule has 0 radical (unpaired) electrons. The van der Waals surface area contributed by atoms with E-state index in [1.807, 2.05) is 54.6 Å². The second kappa shape index (κ2) is 8.79. The smallest absolute Gasteiger partial charge is 0.168 e. The van der Waals surface area contributed by atoms with Crippen LogP contribution in [0, 0.1) is 23.1 Å². The third-order valence-corrected chi connectivity index (χ3v) is 5.70. The maximum atomic E-state index is 14.9. The maximum absolute atomic E-state index is 14.9. The van der Waals surface area contributed by atoms with Crippen LogP contribution in [0.2, 0.25) is 0 Å². The van der Waals surface area contributed by atoms with Gasteiger partial charge < -0.3 is 9.47 Å². The lowest BCUT2D eigenvalue weighted by atomic mass is 10.1. The summed E-state index contributed by atoms with van der Waals surface area (Å²) in [5, 5.41) is 9.32. The van der Waals surface area contributed by atoms with Crippen LogP contribution in [0.25, 0.3) is 28.9 Å². The molecule has 3 aromatic carbocycles. The standard InChI is InChI=1S/C27H22FN3O2/c1-32-25-8-4-5-20(27(25)33-17-18-9-10-18)12-14-26-30-22-6-2-3-7-23(22)31(26)24-15-19(16-29)11-13-21(24)28/h2-8,11-15,18H,9-10,17H2,1H3/b14-12+. The molecule has 0 saturated heterocycles. The lowest BCUT2D eigenvalue weighted by Gasteiger charge is -2.13. The first-order chi connectivity index (χ1) is 16.2. The average Bonchev–Trinajstić information content (AvgIpc) is 3.61. The van der Waals surface area contributed by atoms with E-state index >= 15 is 0 Å². The van der Waals surface area contributed by atoms with Gasteiger partial charge in [-0.3, -0.25) is 4.57 Å². The predicted octanol–water partition coefficient (Wildman–Crippen LogP) is 6.00. The van der Waals surface area contributed by atoms with Crippen LogP contribution in [0.4, 0.5) is 4.39 Å². The zero-order valence-electron chi connectivity index (χ0n) is 18.2. The average molecular weight is 439 g/mol. The third kappa shape index (κ3) is 4.18. The lowest BCUT2D eigenvalue weighted by Crippen LogP contribution is -2.03. The summed E-state index contributed by atoms with van der Waals surface area (Å²) in [4.78, 5) is 4.71. The summed E-state index contributed by atoms with van der Waals surface area (Å²) in [5.41, 5.74) is 2.98. The third-order valence-electron chi connectivity index (χ3n) is 5.70. The van der Waals surface area contributed by atoms with Crippen molar-refractivity contribution in [1.29, 1.82) is 5.26 Å². The van der Waals surface area contributed by atoms with E-state index in [2.05, 4.69) is 6.07 Å². The van der Waals surface area contributed by atoms with Gasteiger partial charge in [0.1, 0.15) is 11.6 Å². The number of ether oxygens (including phenoxy) is 2. The molecular weight excluding hydrogens is 417 g/mol. The number of aromatic nitrogens is 2. The van der Waals surface area contributed by atoms with Crippen molar-refractivity contribution in [3.05, 3.63) is 83.4 Å². The Kier molecular flexibility index (Phi) is 5.54. The molecule has 5 nitrogen and oxygen atoms in total. The highest BCUT2D eigenvalue weighted by Gasteiger charge is 2.23. The first-order valence-corrected chi connectivity index (χ1v) is 10.8. The number of imidazole rings is 1. The number of halogens is 1. The molecule has 0 bridgehead atoms. The second-order valence-corrected chi connectivity index (χ2v) is 8.04. The van der Waals surface area contributed by atoms with E-state index in [0.717, 1.165) is 16.6 Å². The van der Waals surface area contributed by atoms with Crippen LogP contribution in [0.3, 0.4) is 0 Å². The highest BCUT2D eigenvalue weighted by atomic mass is 19.1. The molecule has 1 heterocycles. The van der Waals surface area contributed by atoms with Crippen LogP contribution in [0.15, 0.2) is 60.7 Å². The summed E-state index contributed by atoms with van der Waals surface area (Å²) < 4.78 is 28.2. The van der Waals surface area contributed by atoms with E-state index in [9.17, 15) is 9.65 Å². The summed E-state index contributed by atoms with van der Waals surface area (Å²) in [5.74, 6) is 2.07. The minimum atomic E-state index is -0.429. The van der Waals surface area contributed by atoms with Crippen molar-refractivity contribution in [2.75, 3.05) is 13.7 Å². The molecule has 0 spiro atoms. The van der Waals surface area contributed by atoms with Gasteiger partial charge in [-0.15, -0.1) is 0 Å². The molecule has 0 atom stereocenters. The van der Waals surface area contributed by atoms with E-state index in [1.165, 1.54) is 31.0 Å². The molecule has 0 aliphatic heterocycles. The van der Waals surface area contributed by atoms with Crippen molar-refractivity contribution < 1.29 is 13.9 Å². The molecule has 0 N–H and O–H groups in total. The van der Waals surface area contributed by atoms with Crippen LogP contribution < -0.4 is 9.47 Å². The normalized spacial score (nSPS) is 13.4. The number of para-hydroxylation sites is 3. The first kappa shape index (κ1) is 20.8. The molecule has 4 aromatic rings. The Labute approximate surface area is 191 Å². The summed E-state index contributed by atoms with van der Waals surface area (Å²) in [6.45, 7) is 0.659. The molecule has 1 saturated carbocycles. The lowest BCUT2D eigenvalue weighted by molar-refractivity contribution is 0.280. The van der Waals surface area contributed by atoms with Crippen molar-refractivity contribution in [2.24, 2.45) is 5.92 Å². The first-order valence-electron chi connectivity index (χ1n) is 10.8. The van der Waals surface area contributed by atoms with Gasteiger partial charge >= 0.3 is 0 Å². The largest absolute Gasteiger partial charge is 0.493 e. The van der Waals surface area contributed by atoms with Crippen LogP contribution >= 0.6 is 0 Å². The topological polar surface area (TPSA) is 60.1 Å². The van der Waals surface area contributed by atoms with Crippen molar-refractivity contribution in [3.63, 3.8) is 0 Å². The van der Waals surface area contributed by atoms with Gasteiger partial charge in [0.25, 0.3) is 0 Å². The van der Waals surface area contributed by atoms with Crippen LogP contribution in [0.5, 0.6) is 11.5 Å². The molecule has 0 unspecified atom stereocenters. The number of nitrogens with zero attached hydrogens (tertiary/aromatic N) is 3. The molecule has 1 aromatic heterocycles. The minimum Gasteiger partial charge on any atom is -0.493 e. The van der Waals surface area contributed by atoms with Gasteiger partial charge in [-0.2, -0.15) is 5.26 Å². The monoisotopic (exact) mass is 439 g/mol. The quantitative estimate of drug-likeness (QED) is 0.354. The van der Waals surface area contributed by atoms with Crippen molar-refractivity contribution in [1.82, 2.24) is 9.55 Å². The van der Waals surface area contributed by atoms with Gasteiger partial charge in [0.2, 0.25) is 0 Å². The van der Waals surface area contributed by atoms with E-state index < -0.39 is 5.82 Å². The highest BCUT2D eigenvalue weighted by molar-refractivity contribution is 5.83. The van der Waals surface area contributed by atoms with E-state index in [0.29, 0.717) is 35.4 Å². The molecule has 1 aliphatic rings. The Morgan fingerprint density at radius 3 is 2.76 bits per heavy atom. The fraction of sp³-hybridized carbons (Fsp3) is 0.185. The van der Waals surface area contributed by atoms with Crippen LogP contribution in [0.1, 0.15) is 29.8 Å². The number of methoxy groups -OCH3 is 1. The number of benzene rings is 3. The van der Waals surface area contributed by atoms with Gasteiger partial charge in [-0.25, -0.2) is 9.37 Å². The molecule has 1 fully saturated rings. The molecule has 0 amide bonds. The van der Waals surface area contributed by atoms with Crippen molar-refractivity contribution in [2.45, 2.75) is 12.8 Å². The fourth-order valence-corrected chi connectivity index (χ4v) is 3.79. The molecule has 1 aliphatic carbocycles. The van der Waals surface area contributed by atoms with Crippen molar-refractivity contribution in [3.8, 4) is 23.3 Å². The zero-order valence-corrected chi connectivity index (χ0v) is 18.2. The Bertz CT molecular complexity index is 1400. The summed E-state index contributed by atoms with van der Waals surface area (Å²) in [7, 11) is 1.62. The van der Waals surface area contributed by atoms with Crippen LogP contribution in [-0.4, -0.2) is 23.3 Å². The zero-order chi connectivity index (χ0) is 22.8. The molecule has 33 heavy (non-hydrogen) atoms. The Hall–Kier alpha value is -4.11. The summed E-state index contributed by atoms with van der Waals surface area (Å²) in [6, 6.07) is 19.7. The number of nitriles is 1. The van der Waals surface area contributed by atoms with Gasteiger partial charge in [0.05, 0.1) is 42.1 Å². The Morgan fingerprint density at radius 2 is 1.97 bits per heavy atom. The molecule has 6 heteroatoms. The number of rotatable bonds is 7. The van der Waals surface area contributed by atoms with Crippen LogP contribution in [-0.2, 0) is 0 Å². The van der Waals surface area contributed by atoms with E-state index in [-0.39, 0.29) is 5.69 Å². The SMILES string of the molecule is COc1cccc(/C=C/c2nc3ccccc3n2-c2cc(C#N)ccc2F)c1OCC1CC1.